The molecule has 0 aliphatic heterocycles. The third-order valence-electron chi connectivity index (χ3n) is 5.08. The summed E-state index contributed by atoms with van der Waals surface area (Å²) in [4.78, 5) is 13.3. The van der Waals surface area contributed by atoms with Crippen LogP contribution in [0.4, 0.5) is 5.69 Å². The van der Waals surface area contributed by atoms with Gasteiger partial charge < -0.3 is 14.8 Å². The Bertz CT molecular complexity index is 1270. The Morgan fingerprint density at radius 1 is 0.969 bits per heavy atom. The van der Waals surface area contributed by atoms with Crippen LogP contribution in [0.5, 0.6) is 11.5 Å². The average molecular weight is 448 g/mol. The van der Waals surface area contributed by atoms with Gasteiger partial charge in [0.2, 0.25) is 0 Å². The Balaban J connectivity index is 1.80. The van der Waals surface area contributed by atoms with E-state index in [9.17, 15) is 4.79 Å². The van der Waals surface area contributed by atoms with Crippen molar-refractivity contribution in [1.29, 1.82) is 0 Å². The van der Waals surface area contributed by atoms with E-state index in [4.69, 9.17) is 21.1 Å². The molecule has 0 aliphatic rings. The monoisotopic (exact) mass is 447 g/mol. The predicted molar refractivity (Wildman–Crippen MR) is 126 cm³/mol. The second-order valence-corrected chi connectivity index (χ2v) is 7.59. The second-order valence-electron chi connectivity index (χ2n) is 7.15. The van der Waals surface area contributed by atoms with Crippen molar-refractivity contribution in [3.63, 3.8) is 0 Å². The zero-order valence-electron chi connectivity index (χ0n) is 17.9. The molecule has 0 saturated carbocycles. The van der Waals surface area contributed by atoms with Gasteiger partial charge in [-0.25, -0.2) is 4.68 Å². The number of aromatic nitrogens is 2. The lowest BCUT2D eigenvalue weighted by molar-refractivity contribution is 0.102. The number of carbonyl (C=O) groups is 1. The van der Waals surface area contributed by atoms with Crippen LogP contribution in [0.1, 0.15) is 16.1 Å². The van der Waals surface area contributed by atoms with Crippen LogP contribution in [0.15, 0.2) is 72.9 Å². The summed E-state index contributed by atoms with van der Waals surface area (Å²) in [5.74, 6) is 0.849. The molecule has 0 saturated heterocycles. The summed E-state index contributed by atoms with van der Waals surface area (Å²) in [6.45, 7) is 1.89. The van der Waals surface area contributed by atoms with Crippen molar-refractivity contribution in [2.24, 2.45) is 0 Å². The van der Waals surface area contributed by atoms with Crippen LogP contribution in [0, 0.1) is 6.92 Å². The molecule has 0 atom stereocenters. The van der Waals surface area contributed by atoms with E-state index in [1.807, 2.05) is 55.6 Å². The maximum Gasteiger partial charge on any atom is 0.276 e. The summed E-state index contributed by atoms with van der Waals surface area (Å²) in [6.07, 6.45) is 1.83. The van der Waals surface area contributed by atoms with Crippen LogP contribution < -0.4 is 14.8 Å². The molecule has 0 bridgehead atoms. The number of hydrogen-bond acceptors (Lipinski definition) is 4. The molecule has 0 spiro atoms. The molecule has 162 valence electrons. The molecule has 0 fully saturated rings. The Morgan fingerprint density at radius 2 is 1.72 bits per heavy atom. The highest BCUT2D eigenvalue weighted by molar-refractivity contribution is 6.30. The van der Waals surface area contributed by atoms with Crippen molar-refractivity contribution < 1.29 is 14.3 Å². The van der Waals surface area contributed by atoms with E-state index in [-0.39, 0.29) is 11.6 Å². The number of ether oxygens (including phenoxy) is 2. The van der Waals surface area contributed by atoms with Crippen molar-refractivity contribution in [2.75, 3.05) is 19.5 Å². The summed E-state index contributed by atoms with van der Waals surface area (Å²) >= 11 is 6.05. The normalized spacial score (nSPS) is 10.6. The van der Waals surface area contributed by atoms with Gasteiger partial charge in [-0.3, -0.25) is 4.79 Å². The first-order valence-corrected chi connectivity index (χ1v) is 10.3. The zero-order chi connectivity index (χ0) is 22.7. The van der Waals surface area contributed by atoms with E-state index >= 15 is 0 Å². The number of nitrogens with zero attached hydrogens (tertiary/aromatic N) is 2. The van der Waals surface area contributed by atoms with Crippen LogP contribution in [0.3, 0.4) is 0 Å². The van der Waals surface area contributed by atoms with E-state index in [1.54, 1.807) is 43.2 Å². The lowest BCUT2D eigenvalue weighted by Gasteiger charge is -2.10. The molecule has 0 radical (unpaired) electrons. The first-order chi connectivity index (χ1) is 15.5. The SMILES string of the molecule is COc1ccc(-c2cn(-c3ccccc3)nc2C(=O)Nc2ccc(Cl)cc2C)cc1OC. The number of benzene rings is 3. The molecule has 32 heavy (non-hydrogen) atoms. The number of anilines is 1. The Kier molecular flexibility index (Phi) is 6.14. The number of halogens is 1. The number of aryl methyl sites for hydroxylation is 1. The Morgan fingerprint density at radius 3 is 2.41 bits per heavy atom. The molecule has 1 heterocycles. The lowest BCUT2D eigenvalue weighted by Crippen LogP contribution is -2.15. The lowest BCUT2D eigenvalue weighted by atomic mass is 10.0. The van der Waals surface area contributed by atoms with Gasteiger partial charge in [-0.1, -0.05) is 35.9 Å². The van der Waals surface area contributed by atoms with Gasteiger partial charge in [-0.2, -0.15) is 5.10 Å². The molecule has 0 aliphatic carbocycles. The largest absolute Gasteiger partial charge is 0.493 e. The van der Waals surface area contributed by atoms with Crippen molar-refractivity contribution in [1.82, 2.24) is 9.78 Å². The van der Waals surface area contributed by atoms with Crippen molar-refractivity contribution in [3.8, 4) is 28.3 Å². The fourth-order valence-corrected chi connectivity index (χ4v) is 3.65. The molecule has 1 N–H and O–H groups in total. The fourth-order valence-electron chi connectivity index (χ4n) is 3.42. The standard InChI is InChI=1S/C25H22ClN3O3/c1-16-13-18(26)10-11-21(16)27-25(30)24-20(15-29(28-24)19-7-5-4-6-8-19)17-9-12-22(31-2)23(14-17)32-3/h4-15H,1-3H3,(H,27,30). The summed E-state index contributed by atoms with van der Waals surface area (Å²) < 4.78 is 12.5. The molecular weight excluding hydrogens is 426 g/mol. The maximum atomic E-state index is 13.3. The zero-order valence-corrected chi connectivity index (χ0v) is 18.7. The number of para-hydroxylation sites is 1. The number of hydrogen-bond donors (Lipinski definition) is 1. The summed E-state index contributed by atoms with van der Waals surface area (Å²) in [5, 5.41) is 8.17. The summed E-state index contributed by atoms with van der Waals surface area (Å²) in [7, 11) is 3.16. The summed E-state index contributed by atoms with van der Waals surface area (Å²) in [5.41, 5.74) is 4.11. The van der Waals surface area contributed by atoms with Crippen molar-refractivity contribution in [2.45, 2.75) is 6.92 Å². The average Bonchev–Trinajstić information content (AvgIpc) is 3.26. The van der Waals surface area contributed by atoms with Gasteiger partial charge in [0.1, 0.15) is 0 Å². The highest BCUT2D eigenvalue weighted by Gasteiger charge is 2.21. The van der Waals surface area contributed by atoms with E-state index in [2.05, 4.69) is 10.4 Å². The molecule has 6 nitrogen and oxygen atoms in total. The molecule has 4 rings (SSSR count). The minimum absolute atomic E-state index is 0.287. The fraction of sp³-hybridized carbons (Fsp3) is 0.120. The van der Waals surface area contributed by atoms with Crippen LogP contribution in [0.2, 0.25) is 5.02 Å². The maximum absolute atomic E-state index is 13.3. The molecule has 1 aromatic heterocycles. The second kappa shape index (κ2) is 9.16. The number of amides is 1. The summed E-state index contributed by atoms with van der Waals surface area (Å²) in [6, 6.07) is 20.4. The minimum atomic E-state index is -0.324. The number of methoxy groups -OCH3 is 2. The van der Waals surface area contributed by atoms with Crippen LogP contribution in [-0.2, 0) is 0 Å². The quantitative estimate of drug-likeness (QED) is 0.407. The topological polar surface area (TPSA) is 65.4 Å². The third kappa shape index (κ3) is 4.31. The van der Waals surface area contributed by atoms with Gasteiger partial charge in [0.25, 0.3) is 5.91 Å². The highest BCUT2D eigenvalue weighted by Crippen LogP contribution is 2.34. The predicted octanol–water partition coefficient (Wildman–Crippen LogP) is 5.77. The van der Waals surface area contributed by atoms with E-state index in [0.717, 1.165) is 16.8 Å². The molecule has 7 heteroatoms. The molecule has 3 aromatic carbocycles. The minimum Gasteiger partial charge on any atom is -0.493 e. The number of carbonyl (C=O) groups excluding carboxylic acids is 1. The number of nitrogens with one attached hydrogen (secondary N) is 1. The van der Waals surface area contributed by atoms with E-state index in [0.29, 0.717) is 27.8 Å². The molecular formula is C25H22ClN3O3. The van der Waals surface area contributed by atoms with Crippen molar-refractivity contribution >= 4 is 23.2 Å². The third-order valence-corrected chi connectivity index (χ3v) is 5.32. The first-order valence-electron chi connectivity index (χ1n) is 9.95. The Hall–Kier alpha value is -3.77. The van der Waals surface area contributed by atoms with Gasteiger partial charge >= 0.3 is 0 Å². The van der Waals surface area contributed by atoms with Crippen LogP contribution in [-0.4, -0.2) is 29.9 Å². The van der Waals surface area contributed by atoms with Crippen LogP contribution >= 0.6 is 11.6 Å². The number of rotatable bonds is 6. The molecule has 0 unspecified atom stereocenters. The van der Waals surface area contributed by atoms with Gasteiger partial charge in [-0.05, 0) is 60.5 Å². The van der Waals surface area contributed by atoms with Gasteiger partial charge in [-0.15, -0.1) is 0 Å². The van der Waals surface area contributed by atoms with Gasteiger partial charge in [0.15, 0.2) is 17.2 Å². The van der Waals surface area contributed by atoms with E-state index in [1.165, 1.54) is 0 Å². The molecule has 4 aromatic rings. The Labute approximate surface area is 191 Å². The van der Waals surface area contributed by atoms with E-state index < -0.39 is 0 Å². The first kappa shape index (κ1) is 21.5. The molecule has 1 amide bonds. The van der Waals surface area contributed by atoms with Crippen LogP contribution in [0.25, 0.3) is 16.8 Å². The van der Waals surface area contributed by atoms with Crippen molar-refractivity contribution in [3.05, 3.63) is 89.2 Å². The van der Waals surface area contributed by atoms with Gasteiger partial charge in [0.05, 0.1) is 19.9 Å². The highest BCUT2D eigenvalue weighted by atomic mass is 35.5. The smallest absolute Gasteiger partial charge is 0.276 e. The van der Waals surface area contributed by atoms with Gasteiger partial charge in [0, 0.05) is 22.5 Å².